The summed E-state index contributed by atoms with van der Waals surface area (Å²) < 4.78 is 5.59. The van der Waals surface area contributed by atoms with Gasteiger partial charge < -0.3 is 9.73 Å². The van der Waals surface area contributed by atoms with Crippen LogP contribution in [0.4, 0.5) is 5.69 Å². The molecule has 1 saturated heterocycles. The van der Waals surface area contributed by atoms with Gasteiger partial charge in [-0.3, -0.25) is 15.0 Å². The summed E-state index contributed by atoms with van der Waals surface area (Å²) >= 11 is 5.85. The molecule has 0 aliphatic carbocycles. The van der Waals surface area contributed by atoms with Crippen LogP contribution in [-0.4, -0.2) is 29.5 Å². The van der Waals surface area contributed by atoms with E-state index in [-0.39, 0.29) is 16.8 Å². The number of benzene rings is 1. The summed E-state index contributed by atoms with van der Waals surface area (Å²) in [5.41, 5.74) is 0.781. The molecule has 0 spiro atoms. The van der Waals surface area contributed by atoms with Gasteiger partial charge in [-0.05, 0) is 49.7 Å². The molecule has 0 radical (unpaired) electrons. The van der Waals surface area contributed by atoms with Gasteiger partial charge in [-0.25, -0.2) is 0 Å². The number of nitro groups is 1. The summed E-state index contributed by atoms with van der Waals surface area (Å²) in [5.74, 6) is 0.950. The molecule has 7 heteroatoms. The zero-order valence-electron chi connectivity index (χ0n) is 13.3. The highest BCUT2D eigenvalue weighted by Crippen LogP contribution is 2.26. The number of hydrogen-bond donors (Lipinski definition) is 1. The summed E-state index contributed by atoms with van der Waals surface area (Å²) in [4.78, 5) is 12.9. The molecule has 1 aliphatic heterocycles. The summed E-state index contributed by atoms with van der Waals surface area (Å²) in [5, 5.41) is 14.5. The first-order valence-corrected chi connectivity index (χ1v) is 8.44. The van der Waals surface area contributed by atoms with Crippen LogP contribution in [-0.2, 0) is 6.54 Å². The van der Waals surface area contributed by atoms with Crippen molar-refractivity contribution in [1.82, 2.24) is 10.2 Å². The Bertz CT molecular complexity index is 684. The topological polar surface area (TPSA) is 71.5 Å². The van der Waals surface area contributed by atoms with Crippen LogP contribution in [0.1, 0.15) is 30.2 Å². The number of nitro benzene ring substituents is 1. The van der Waals surface area contributed by atoms with Gasteiger partial charge in [0.15, 0.2) is 0 Å². The maximum absolute atomic E-state index is 11.0. The highest BCUT2D eigenvalue weighted by Gasteiger charge is 2.25. The van der Waals surface area contributed by atoms with E-state index in [4.69, 9.17) is 16.0 Å². The number of nitrogens with zero attached hydrogens (tertiary/aromatic N) is 2. The quantitative estimate of drug-likeness (QED) is 0.608. The van der Waals surface area contributed by atoms with Crippen LogP contribution >= 0.6 is 11.6 Å². The fourth-order valence-electron chi connectivity index (χ4n) is 3.11. The van der Waals surface area contributed by atoms with Crippen molar-refractivity contribution < 1.29 is 9.34 Å². The van der Waals surface area contributed by atoms with Crippen molar-refractivity contribution in [3.8, 4) is 0 Å². The molecule has 3 rings (SSSR count). The van der Waals surface area contributed by atoms with Crippen LogP contribution in [0.5, 0.6) is 0 Å². The normalized spacial score (nSPS) is 16.4. The lowest BCUT2D eigenvalue weighted by Crippen LogP contribution is -2.33. The second-order valence-electron chi connectivity index (χ2n) is 5.95. The zero-order chi connectivity index (χ0) is 16.9. The van der Waals surface area contributed by atoms with Crippen LogP contribution < -0.4 is 5.32 Å². The molecule has 0 bridgehead atoms. The van der Waals surface area contributed by atoms with Crippen molar-refractivity contribution in [1.29, 1.82) is 0 Å². The molecule has 1 aromatic carbocycles. The van der Waals surface area contributed by atoms with Gasteiger partial charge in [-0.15, -0.1) is 0 Å². The minimum Gasteiger partial charge on any atom is -0.468 e. The van der Waals surface area contributed by atoms with Gasteiger partial charge in [-0.1, -0.05) is 17.7 Å². The van der Waals surface area contributed by atoms with Crippen molar-refractivity contribution in [3.05, 3.63) is 63.1 Å². The second-order valence-corrected chi connectivity index (χ2v) is 6.36. The largest absolute Gasteiger partial charge is 0.468 e. The lowest BCUT2D eigenvalue weighted by molar-refractivity contribution is -0.384. The van der Waals surface area contributed by atoms with Gasteiger partial charge in [0.1, 0.15) is 10.8 Å². The molecular weight excluding hydrogens is 330 g/mol. The number of hydrogen-bond acceptors (Lipinski definition) is 5. The van der Waals surface area contributed by atoms with Crippen molar-refractivity contribution in [2.75, 3.05) is 19.6 Å². The highest BCUT2D eigenvalue weighted by molar-refractivity contribution is 6.32. The Morgan fingerprint density at radius 2 is 2.12 bits per heavy atom. The number of nitrogens with one attached hydrogen (secondary N) is 1. The Morgan fingerprint density at radius 1 is 1.33 bits per heavy atom. The summed E-state index contributed by atoms with van der Waals surface area (Å²) in [7, 11) is 0. The number of likely N-dealkylation sites (tertiary alicyclic amines) is 1. The van der Waals surface area contributed by atoms with Crippen molar-refractivity contribution >= 4 is 17.3 Å². The molecule has 1 aromatic heterocycles. The van der Waals surface area contributed by atoms with E-state index < -0.39 is 4.92 Å². The van der Waals surface area contributed by atoms with E-state index in [0.717, 1.165) is 31.0 Å². The van der Waals surface area contributed by atoms with Crippen molar-refractivity contribution in [2.45, 2.75) is 25.4 Å². The molecule has 1 atom stereocenters. The van der Waals surface area contributed by atoms with E-state index in [9.17, 15) is 10.1 Å². The van der Waals surface area contributed by atoms with Crippen LogP contribution in [0.3, 0.4) is 0 Å². The van der Waals surface area contributed by atoms with E-state index in [1.165, 1.54) is 18.9 Å². The zero-order valence-corrected chi connectivity index (χ0v) is 14.0. The van der Waals surface area contributed by atoms with Crippen LogP contribution in [0.25, 0.3) is 0 Å². The van der Waals surface area contributed by atoms with Crippen LogP contribution in [0.15, 0.2) is 41.0 Å². The van der Waals surface area contributed by atoms with E-state index in [1.807, 2.05) is 12.1 Å². The lowest BCUT2D eigenvalue weighted by Gasteiger charge is -2.26. The monoisotopic (exact) mass is 349 g/mol. The Balaban J connectivity index is 1.63. The molecule has 1 unspecified atom stereocenters. The Labute approximate surface area is 145 Å². The number of halogens is 1. The molecule has 0 saturated carbocycles. The molecule has 1 fully saturated rings. The Hall–Kier alpha value is -1.89. The first-order valence-electron chi connectivity index (χ1n) is 8.06. The third kappa shape index (κ3) is 3.95. The molecule has 1 aliphatic rings. The fourth-order valence-corrected chi connectivity index (χ4v) is 3.29. The first-order chi connectivity index (χ1) is 11.6. The predicted molar refractivity (Wildman–Crippen MR) is 92.1 cm³/mol. The van der Waals surface area contributed by atoms with Gasteiger partial charge in [0, 0.05) is 19.2 Å². The highest BCUT2D eigenvalue weighted by atomic mass is 35.5. The van der Waals surface area contributed by atoms with Crippen molar-refractivity contribution in [3.63, 3.8) is 0 Å². The molecule has 24 heavy (non-hydrogen) atoms. The molecular formula is C17H20ClN3O3. The third-order valence-corrected chi connectivity index (χ3v) is 4.65. The van der Waals surface area contributed by atoms with Gasteiger partial charge in [0.25, 0.3) is 5.69 Å². The van der Waals surface area contributed by atoms with Gasteiger partial charge in [-0.2, -0.15) is 0 Å². The molecule has 128 valence electrons. The van der Waals surface area contributed by atoms with Gasteiger partial charge >= 0.3 is 0 Å². The Morgan fingerprint density at radius 3 is 2.79 bits per heavy atom. The minimum absolute atomic E-state index is 0.0573. The molecule has 1 N–H and O–H groups in total. The smallest absolute Gasteiger partial charge is 0.288 e. The summed E-state index contributed by atoms with van der Waals surface area (Å²) in [6.07, 6.45) is 4.11. The second kappa shape index (κ2) is 7.79. The number of rotatable bonds is 7. The average molecular weight is 350 g/mol. The standard InChI is InChI=1S/C17H20ClN3O3/c18-14-6-5-13(10-15(14)21(22)23)11-19-12-16(17-4-3-9-24-17)20-7-1-2-8-20/h3-6,9-10,16,19H,1-2,7-8,11-12H2. The van der Waals surface area contributed by atoms with Crippen LogP contribution in [0, 0.1) is 10.1 Å². The molecule has 6 nitrogen and oxygen atoms in total. The lowest BCUT2D eigenvalue weighted by atomic mass is 10.1. The Kier molecular flexibility index (Phi) is 5.50. The SMILES string of the molecule is O=[N+]([O-])c1cc(CNCC(c2ccco2)N2CCCC2)ccc1Cl. The molecule has 2 heterocycles. The summed E-state index contributed by atoms with van der Waals surface area (Å²) in [6, 6.07) is 8.98. The van der Waals surface area contributed by atoms with Crippen molar-refractivity contribution in [2.24, 2.45) is 0 Å². The minimum atomic E-state index is -0.457. The predicted octanol–water partition coefficient (Wildman–Crippen LogP) is 3.77. The summed E-state index contributed by atoms with van der Waals surface area (Å²) in [6.45, 7) is 3.41. The first kappa shape index (κ1) is 17.0. The van der Waals surface area contributed by atoms with Crippen LogP contribution in [0.2, 0.25) is 5.02 Å². The van der Waals surface area contributed by atoms with Gasteiger partial charge in [0.2, 0.25) is 0 Å². The fraction of sp³-hybridized carbons (Fsp3) is 0.412. The number of furan rings is 1. The van der Waals surface area contributed by atoms with Gasteiger partial charge in [0.05, 0.1) is 17.2 Å². The maximum atomic E-state index is 11.0. The third-order valence-electron chi connectivity index (χ3n) is 4.33. The molecule has 2 aromatic rings. The molecule has 0 amide bonds. The maximum Gasteiger partial charge on any atom is 0.288 e. The van der Waals surface area contributed by atoms with E-state index in [0.29, 0.717) is 6.54 Å². The van der Waals surface area contributed by atoms with E-state index >= 15 is 0 Å². The van der Waals surface area contributed by atoms with E-state index in [1.54, 1.807) is 18.4 Å². The van der Waals surface area contributed by atoms with E-state index in [2.05, 4.69) is 10.2 Å². The average Bonchev–Trinajstić information content (AvgIpc) is 3.26.